The second kappa shape index (κ2) is 14.2. The summed E-state index contributed by atoms with van der Waals surface area (Å²) in [6.07, 6.45) is 6.12. The van der Waals surface area contributed by atoms with Crippen molar-refractivity contribution in [2.24, 2.45) is 21.9 Å². The highest BCUT2D eigenvalue weighted by Crippen LogP contribution is 2.43. The zero-order valence-electron chi connectivity index (χ0n) is 26.0. The molecule has 1 aromatic carbocycles. The van der Waals surface area contributed by atoms with Crippen molar-refractivity contribution in [3.8, 4) is 0 Å². The molecule has 8 bridgehead atoms. The Morgan fingerprint density at radius 2 is 1.81 bits per heavy atom. The van der Waals surface area contributed by atoms with Crippen LogP contribution in [0.1, 0.15) is 65.2 Å². The summed E-state index contributed by atoms with van der Waals surface area (Å²) in [6.45, 7) is 2.63. The standard InChI is InChI=1S/C32H39F2IN8O3S/c33-32(34)23-6-12-42(13-7-23)11-2-1-10-37-18-25(41-36)19-43-30-27(17-26(31(43)44)21-8-14-47(45,46)15-9-21)29(38-20-39-30)40-28(35)22-4-3-5-24(32)16-22/h3-5,16-18,20-21,23,28H,1-2,6-15,19,36H2,(H,38,39,40)/b37-18?,41-25+/t28-/m0/s1. The molecule has 2 fully saturated rings. The maximum absolute atomic E-state index is 15.9. The van der Waals surface area contributed by atoms with E-state index in [0.717, 1.165) is 19.4 Å². The number of benzene rings is 1. The molecule has 252 valence electrons. The number of nitrogens with one attached hydrogen (secondary N) is 1. The van der Waals surface area contributed by atoms with Crippen molar-refractivity contribution in [3.63, 3.8) is 0 Å². The summed E-state index contributed by atoms with van der Waals surface area (Å²) in [5.41, 5.74) is 1.55. The molecule has 0 unspecified atom stereocenters. The first-order valence-electron chi connectivity index (χ1n) is 16.0. The van der Waals surface area contributed by atoms with Crippen LogP contribution in [0.3, 0.4) is 0 Å². The van der Waals surface area contributed by atoms with E-state index < -0.39 is 25.7 Å². The number of hydrazone groups is 1. The molecule has 0 aliphatic carbocycles. The van der Waals surface area contributed by atoms with E-state index in [1.54, 1.807) is 30.5 Å². The maximum atomic E-state index is 15.9. The van der Waals surface area contributed by atoms with Gasteiger partial charge in [-0.1, -0.05) is 40.8 Å². The molecule has 4 aliphatic heterocycles. The van der Waals surface area contributed by atoms with Gasteiger partial charge in [0.15, 0.2) is 0 Å². The van der Waals surface area contributed by atoms with Gasteiger partial charge >= 0.3 is 0 Å². The highest BCUT2D eigenvalue weighted by Gasteiger charge is 2.42. The number of nitrogens with zero attached hydrogens (tertiary/aromatic N) is 6. The van der Waals surface area contributed by atoms with Gasteiger partial charge in [0.05, 0.1) is 29.1 Å². The number of hydrogen-bond donors (Lipinski definition) is 2. The van der Waals surface area contributed by atoms with Crippen LogP contribution in [0.25, 0.3) is 11.0 Å². The van der Waals surface area contributed by atoms with Crippen molar-refractivity contribution < 1.29 is 17.2 Å². The van der Waals surface area contributed by atoms with Crippen LogP contribution in [0.2, 0.25) is 0 Å². The predicted octanol–water partition coefficient (Wildman–Crippen LogP) is 4.61. The molecule has 15 heteroatoms. The maximum Gasteiger partial charge on any atom is 0.276 e. The van der Waals surface area contributed by atoms with Crippen LogP contribution in [-0.2, 0) is 22.3 Å². The van der Waals surface area contributed by atoms with E-state index in [4.69, 9.17) is 5.84 Å². The smallest absolute Gasteiger partial charge is 0.276 e. The normalized spacial score (nSPS) is 26.4. The largest absolute Gasteiger partial charge is 0.354 e. The number of alkyl halides is 3. The Morgan fingerprint density at radius 1 is 1.04 bits per heavy atom. The molecule has 3 N–H and O–H groups in total. The minimum atomic E-state index is -3.16. The predicted molar refractivity (Wildman–Crippen MR) is 189 cm³/mol. The Labute approximate surface area is 286 Å². The number of rotatable bonds is 1. The molecule has 2 aromatic heterocycles. The molecule has 3 aromatic rings. The number of aromatic nitrogens is 3. The number of sulfone groups is 1. The number of piperidine rings is 1. The van der Waals surface area contributed by atoms with E-state index in [2.05, 4.69) is 52.9 Å². The van der Waals surface area contributed by atoms with Crippen LogP contribution in [-0.4, -0.2) is 77.5 Å². The Kier molecular flexibility index (Phi) is 10.2. The Balaban J connectivity index is 1.43. The first-order valence-corrected chi connectivity index (χ1v) is 19.1. The van der Waals surface area contributed by atoms with Crippen LogP contribution in [0.15, 0.2) is 51.5 Å². The number of aliphatic imine (C=N–C) groups is 1. The lowest BCUT2D eigenvalue weighted by atomic mass is 9.86. The van der Waals surface area contributed by atoms with Crippen LogP contribution < -0.4 is 16.7 Å². The number of halogens is 3. The highest BCUT2D eigenvalue weighted by atomic mass is 127. The third kappa shape index (κ3) is 7.51. The molecule has 0 radical (unpaired) electrons. The summed E-state index contributed by atoms with van der Waals surface area (Å²) in [5, 5.41) is 7.82. The fourth-order valence-electron chi connectivity index (χ4n) is 6.81. The third-order valence-corrected chi connectivity index (χ3v) is 12.3. The molecule has 0 saturated carbocycles. The molecule has 0 amide bonds. The fraction of sp³-hybridized carbons (Fsp3) is 0.531. The summed E-state index contributed by atoms with van der Waals surface area (Å²) in [6, 6.07) is 8.29. The zero-order chi connectivity index (χ0) is 33.2. The fourth-order valence-corrected chi connectivity index (χ4v) is 8.98. The van der Waals surface area contributed by atoms with Crippen LogP contribution >= 0.6 is 22.6 Å². The van der Waals surface area contributed by atoms with Gasteiger partial charge in [0.1, 0.15) is 31.7 Å². The van der Waals surface area contributed by atoms with Gasteiger partial charge < -0.3 is 16.1 Å². The molecule has 6 heterocycles. The number of anilines is 1. The lowest BCUT2D eigenvalue weighted by Gasteiger charge is -2.36. The van der Waals surface area contributed by atoms with Gasteiger partial charge in [0.2, 0.25) is 0 Å². The monoisotopic (exact) mass is 780 g/mol. The van der Waals surface area contributed by atoms with Gasteiger partial charge in [0.25, 0.3) is 11.5 Å². The van der Waals surface area contributed by atoms with Crippen molar-refractivity contribution in [2.75, 3.05) is 43.0 Å². The minimum Gasteiger partial charge on any atom is -0.354 e. The summed E-state index contributed by atoms with van der Waals surface area (Å²) >= 11 is 2.16. The molecule has 47 heavy (non-hydrogen) atoms. The Hall–Kier alpha value is -3.05. The van der Waals surface area contributed by atoms with Gasteiger partial charge in [-0.2, -0.15) is 5.10 Å². The second-order valence-corrected chi connectivity index (χ2v) is 16.2. The first kappa shape index (κ1) is 33.8. The lowest BCUT2D eigenvalue weighted by Crippen LogP contribution is -2.40. The van der Waals surface area contributed by atoms with E-state index in [0.29, 0.717) is 79.0 Å². The minimum absolute atomic E-state index is 0.00133. The van der Waals surface area contributed by atoms with E-state index in [9.17, 15) is 13.2 Å². The second-order valence-electron chi connectivity index (χ2n) is 12.6. The molecule has 4 aliphatic rings. The van der Waals surface area contributed by atoms with Gasteiger partial charge in [-0.05, 0) is 81.8 Å². The molecule has 7 rings (SSSR count). The average Bonchev–Trinajstić information content (AvgIpc) is 3.06. The number of nitrogens with two attached hydrogens (primary N) is 1. The third-order valence-electron chi connectivity index (χ3n) is 9.57. The zero-order valence-corrected chi connectivity index (χ0v) is 29.0. The van der Waals surface area contributed by atoms with Gasteiger partial charge in [-0.25, -0.2) is 27.2 Å². The molecule has 11 nitrogen and oxygen atoms in total. The number of hydrogen-bond acceptors (Lipinski definition) is 10. The highest BCUT2D eigenvalue weighted by molar-refractivity contribution is 14.1. The van der Waals surface area contributed by atoms with E-state index >= 15 is 8.78 Å². The Morgan fingerprint density at radius 3 is 2.55 bits per heavy atom. The average molecular weight is 781 g/mol. The van der Waals surface area contributed by atoms with Crippen molar-refractivity contribution in [1.29, 1.82) is 0 Å². The van der Waals surface area contributed by atoms with Gasteiger partial charge in [-0.15, -0.1) is 0 Å². The number of fused-ring (bicyclic) bond motifs is 9. The Bertz CT molecular complexity index is 1830. The summed E-state index contributed by atoms with van der Waals surface area (Å²) in [7, 11) is -3.16. The summed E-state index contributed by atoms with van der Waals surface area (Å²) < 4.78 is 57.2. The summed E-state index contributed by atoms with van der Waals surface area (Å²) in [4.78, 5) is 29.8. The summed E-state index contributed by atoms with van der Waals surface area (Å²) in [5.74, 6) is 2.21. The van der Waals surface area contributed by atoms with Gasteiger partial charge in [-0.3, -0.25) is 14.4 Å². The number of pyridine rings is 1. The topological polar surface area (TPSA) is 148 Å². The van der Waals surface area contributed by atoms with E-state index in [1.807, 2.05) is 0 Å². The van der Waals surface area contributed by atoms with Crippen LogP contribution in [0.4, 0.5) is 14.6 Å². The van der Waals surface area contributed by atoms with Crippen LogP contribution in [0, 0.1) is 5.92 Å². The SMILES string of the molecule is N/N=C1\C=NCCCCN2CCC(CC2)C(F)(F)c2cccc(c2)[C@@H](I)Nc2ncnc3c2cc(C2CCS(=O)(=O)CC2)c(=O)n3C1. The molecular weight excluding hydrogens is 741 g/mol. The molecule has 2 saturated heterocycles. The van der Waals surface area contributed by atoms with Crippen molar-refractivity contribution in [1.82, 2.24) is 19.4 Å². The van der Waals surface area contributed by atoms with E-state index in [1.165, 1.54) is 17.0 Å². The molecular formula is C32H39F2IN8O3S. The first-order chi connectivity index (χ1) is 22.6. The van der Waals surface area contributed by atoms with Crippen molar-refractivity contribution >= 4 is 61.2 Å². The molecule has 1 atom stereocenters. The van der Waals surface area contributed by atoms with Crippen LogP contribution in [0.5, 0.6) is 0 Å². The molecule has 0 spiro atoms. The van der Waals surface area contributed by atoms with E-state index in [-0.39, 0.29) is 35.1 Å². The van der Waals surface area contributed by atoms with Crippen molar-refractivity contribution in [2.45, 2.75) is 61.0 Å². The lowest BCUT2D eigenvalue weighted by molar-refractivity contribution is -0.0855. The van der Waals surface area contributed by atoms with Gasteiger partial charge in [0, 0.05) is 29.8 Å². The quantitative estimate of drug-likeness (QED) is 0.120. The van der Waals surface area contributed by atoms with Crippen molar-refractivity contribution in [3.05, 3.63) is 63.7 Å².